The number of aliphatic carboxylic acids is 1. The van der Waals surface area contributed by atoms with Gasteiger partial charge < -0.3 is 9.67 Å². The number of fused-ring (bicyclic) bond motifs is 3. The molecule has 0 amide bonds. The first-order valence-corrected chi connectivity index (χ1v) is 7.44. The molecule has 0 aliphatic carbocycles. The van der Waals surface area contributed by atoms with Crippen LogP contribution in [0.1, 0.15) is 24.6 Å². The zero-order valence-electron chi connectivity index (χ0n) is 11.1. The second-order valence-corrected chi connectivity index (χ2v) is 6.90. The maximum absolute atomic E-state index is 11.2. The van der Waals surface area contributed by atoms with Crippen LogP contribution in [0.3, 0.4) is 0 Å². The van der Waals surface area contributed by atoms with Crippen LogP contribution >= 0.6 is 11.8 Å². The number of carboxylic acid groups (broad SMARTS) is 1. The highest BCUT2D eigenvalue weighted by molar-refractivity contribution is 8.00. The summed E-state index contributed by atoms with van der Waals surface area (Å²) in [5.41, 5.74) is 3.72. The maximum atomic E-state index is 11.2. The van der Waals surface area contributed by atoms with Crippen LogP contribution < -0.4 is 0 Å². The number of benzene rings is 1. The van der Waals surface area contributed by atoms with E-state index in [-0.39, 0.29) is 11.2 Å². The molecule has 100 valence electrons. The van der Waals surface area contributed by atoms with Crippen LogP contribution in [0.5, 0.6) is 0 Å². The zero-order valence-corrected chi connectivity index (χ0v) is 12.0. The molecule has 1 unspecified atom stereocenters. The smallest absolute Gasteiger partial charge is 0.305 e. The fraction of sp³-hybridized carbons (Fsp3) is 0.400. The third-order valence-corrected chi connectivity index (χ3v) is 5.36. The number of hydrogen-bond donors (Lipinski definition) is 1. The van der Waals surface area contributed by atoms with Crippen LogP contribution in [0.15, 0.2) is 24.3 Å². The summed E-state index contributed by atoms with van der Waals surface area (Å²) >= 11 is 1.76. The largest absolute Gasteiger partial charge is 0.481 e. The summed E-state index contributed by atoms with van der Waals surface area (Å²) < 4.78 is 1.85. The Morgan fingerprint density at radius 3 is 2.95 bits per heavy atom. The van der Waals surface area contributed by atoms with Crippen molar-refractivity contribution in [1.29, 1.82) is 0 Å². The van der Waals surface area contributed by atoms with Crippen molar-refractivity contribution >= 4 is 28.6 Å². The SMILES string of the molecule is Cn1c2c(c3ccccc31)CCSC2(C)CC(=O)O. The standard InChI is InChI=1S/C15H17NO2S/c1-15(9-13(17)18)14-11(7-8-19-15)10-5-3-4-6-12(10)16(14)2/h3-6H,7-9H2,1-2H3,(H,17,18). The lowest BCUT2D eigenvalue weighted by molar-refractivity contribution is -0.137. The quantitative estimate of drug-likeness (QED) is 0.915. The van der Waals surface area contributed by atoms with Crippen LogP contribution in [0, 0.1) is 0 Å². The second-order valence-electron chi connectivity index (χ2n) is 5.30. The van der Waals surface area contributed by atoms with Crippen molar-refractivity contribution in [3.63, 3.8) is 0 Å². The molecular formula is C15H17NO2S. The molecule has 19 heavy (non-hydrogen) atoms. The van der Waals surface area contributed by atoms with Crippen molar-refractivity contribution < 1.29 is 9.90 Å². The minimum absolute atomic E-state index is 0.175. The second kappa shape index (κ2) is 4.30. The molecule has 3 nitrogen and oxygen atoms in total. The number of hydrogen-bond acceptors (Lipinski definition) is 2. The number of aromatic nitrogens is 1. The summed E-state index contributed by atoms with van der Waals surface area (Å²) in [6.07, 6.45) is 1.20. The highest BCUT2D eigenvalue weighted by Gasteiger charge is 2.38. The molecule has 0 saturated heterocycles. The highest BCUT2D eigenvalue weighted by atomic mass is 32.2. The number of nitrogens with zero attached hydrogens (tertiary/aromatic N) is 1. The van der Waals surface area contributed by atoms with Gasteiger partial charge in [0.05, 0.1) is 11.2 Å². The average Bonchev–Trinajstić information content (AvgIpc) is 2.64. The lowest BCUT2D eigenvalue weighted by atomic mass is 9.95. The van der Waals surface area contributed by atoms with E-state index in [1.807, 2.05) is 13.1 Å². The molecule has 1 aromatic heterocycles. The summed E-state index contributed by atoms with van der Waals surface area (Å²) in [4.78, 5) is 11.2. The van der Waals surface area contributed by atoms with Crippen LogP contribution in [-0.2, 0) is 23.0 Å². The number of para-hydroxylation sites is 1. The van der Waals surface area contributed by atoms with Crippen LogP contribution in [0.4, 0.5) is 0 Å². The van der Waals surface area contributed by atoms with Gasteiger partial charge in [0.25, 0.3) is 0 Å². The van der Waals surface area contributed by atoms with Gasteiger partial charge in [-0.1, -0.05) is 18.2 Å². The number of rotatable bonds is 2. The van der Waals surface area contributed by atoms with Crippen LogP contribution in [0.25, 0.3) is 10.9 Å². The van der Waals surface area contributed by atoms with Crippen LogP contribution in [-0.4, -0.2) is 21.4 Å². The molecule has 2 aromatic rings. The molecule has 4 heteroatoms. The third-order valence-electron chi connectivity index (χ3n) is 3.97. The van der Waals surface area contributed by atoms with E-state index in [9.17, 15) is 9.90 Å². The molecule has 1 aliphatic rings. The topological polar surface area (TPSA) is 42.2 Å². The van der Waals surface area contributed by atoms with Gasteiger partial charge in [0.2, 0.25) is 0 Å². The fourth-order valence-electron chi connectivity index (χ4n) is 3.27. The summed E-state index contributed by atoms with van der Waals surface area (Å²) in [7, 11) is 2.05. The molecule has 0 saturated carbocycles. The van der Waals surface area contributed by atoms with E-state index in [2.05, 4.69) is 29.7 Å². The molecule has 1 aromatic carbocycles. The van der Waals surface area contributed by atoms with Gasteiger partial charge in [0.15, 0.2) is 0 Å². The molecule has 0 bridgehead atoms. The highest BCUT2D eigenvalue weighted by Crippen LogP contribution is 2.47. The summed E-state index contributed by atoms with van der Waals surface area (Å²) in [5.74, 6) is 0.262. The lowest BCUT2D eigenvalue weighted by Crippen LogP contribution is -2.29. The van der Waals surface area contributed by atoms with E-state index < -0.39 is 5.97 Å². The number of carbonyl (C=O) groups is 1. The van der Waals surface area contributed by atoms with Gasteiger partial charge in [-0.25, -0.2) is 0 Å². The van der Waals surface area contributed by atoms with E-state index in [1.165, 1.54) is 22.2 Å². The number of thioether (sulfide) groups is 1. The van der Waals surface area contributed by atoms with Crippen molar-refractivity contribution in [3.05, 3.63) is 35.5 Å². The van der Waals surface area contributed by atoms with Crippen molar-refractivity contribution in [2.45, 2.75) is 24.5 Å². The van der Waals surface area contributed by atoms with Crippen molar-refractivity contribution in [2.24, 2.45) is 7.05 Å². The Hall–Kier alpha value is -1.42. The van der Waals surface area contributed by atoms with Crippen LogP contribution in [0.2, 0.25) is 0 Å². The molecule has 1 aliphatic heterocycles. The first-order chi connectivity index (χ1) is 9.03. The van der Waals surface area contributed by atoms with Gasteiger partial charge in [0, 0.05) is 23.6 Å². The molecule has 0 fully saturated rings. The van der Waals surface area contributed by atoms with E-state index in [0.717, 1.165) is 12.2 Å². The number of aryl methyl sites for hydroxylation is 2. The van der Waals surface area contributed by atoms with Gasteiger partial charge in [-0.15, -0.1) is 11.8 Å². The Balaban J connectivity index is 2.27. The van der Waals surface area contributed by atoms with Crippen molar-refractivity contribution in [1.82, 2.24) is 4.57 Å². The Labute approximate surface area is 116 Å². The van der Waals surface area contributed by atoms with Gasteiger partial charge in [-0.05, 0) is 30.7 Å². The predicted molar refractivity (Wildman–Crippen MR) is 78.7 cm³/mol. The Morgan fingerprint density at radius 1 is 1.47 bits per heavy atom. The van der Waals surface area contributed by atoms with E-state index in [4.69, 9.17) is 0 Å². The van der Waals surface area contributed by atoms with Crippen molar-refractivity contribution in [3.8, 4) is 0 Å². The number of carboxylic acids is 1. The monoisotopic (exact) mass is 275 g/mol. The normalized spacial score (nSPS) is 22.4. The molecule has 3 rings (SSSR count). The fourth-order valence-corrected chi connectivity index (χ4v) is 4.65. The molecule has 1 atom stereocenters. The minimum atomic E-state index is -0.729. The van der Waals surface area contributed by atoms with Gasteiger partial charge in [0.1, 0.15) is 0 Å². The zero-order chi connectivity index (χ0) is 13.6. The van der Waals surface area contributed by atoms with Gasteiger partial charge in [-0.2, -0.15) is 0 Å². The first-order valence-electron chi connectivity index (χ1n) is 6.45. The Kier molecular flexibility index (Phi) is 2.86. The molecule has 0 spiro atoms. The third kappa shape index (κ3) is 1.86. The first kappa shape index (κ1) is 12.6. The summed E-state index contributed by atoms with van der Waals surface area (Å²) in [5, 5.41) is 10.5. The van der Waals surface area contributed by atoms with E-state index in [1.54, 1.807) is 11.8 Å². The maximum Gasteiger partial charge on any atom is 0.305 e. The molecule has 0 radical (unpaired) electrons. The average molecular weight is 275 g/mol. The van der Waals surface area contributed by atoms with Crippen molar-refractivity contribution in [2.75, 3.05) is 5.75 Å². The van der Waals surface area contributed by atoms with Gasteiger partial charge in [-0.3, -0.25) is 4.79 Å². The lowest BCUT2D eigenvalue weighted by Gasteiger charge is -2.33. The van der Waals surface area contributed by atoms with Gasteiger partial charge >= 0.3 is 5.97 Å². The van der Waals surface area contributed by atoms with E-state index >= 15 is 0 Å². The molecule has 1 N–H and O–H groups in total. The summed E-state index contributed by atoms with van der Waals surface area (Å²) in [6, 6.07) is 8.35. The van der Waals surface area contributed by atoms with E-state index in [0.29, 0.717) is 0 Å². The Bertz CT molecular complexity index is 661. The summed E-state index contributed by atoms with van der Waals surface area (Å²) in [6.45, 7) is 2.06. The Morgan fingerprint density at radius 2 is 2.21 bits per heavy atom. The predicted octanol–water partition coefficient (Wildman–Crippen LogP) is 3.16. The minimum Gasteiger partial charge on any atom is -0.481 e. The molecule has 2 heterocycles. The molecular weight excluding hydrogens is 258 g/mol.